The number of nitrogens with two attached hydrogens (primary N) is 1. The zero-order valence-electron chi connectivity index (χ0n) is 22.3. The monoisotopic (exact) mass is 513 g/mol. The molecule has 0 spiro atoms. The molecule has 0 aliphatic heterocycles. The van der Waals surface area contributed by atoms with Gasteiger partial charge < -0.3 is 25.5 Å². The molecule has 2 aromatic carbocycles. The van der Waals surface area contributed by atoms with Gasteiger partial charge in [0.2, 0.25) is 0 Å². The van der Waals surface area contributed by atoms with Crippen LogP contribution in [0.1, 0.15) is 58.6 Å². The number of rotatable bonds is 9. The molecule has 0 fully saturated rings. The number of carbonyl (C=O) groups excluding carboxylic acids is 2. The standard InChI is InChI=1S/C28H39N3O6/c1-7-9-18-31(25(33)37-30-24(32)36-26(3,4)5)28(29,27(6,34)35)19-20-14-16-22(17-15-20)23-13-11-10-12-21(23)8-2/h8,10-17,34-35H,2,7,9,18-19,29H2,1,3-6H3,(H,30,32). The lowest BCUT2D eigenvalue weighted by atomic mass is 9.89. The van der Waals surface area contributed by atoms with Crippen molar-refractivity contribution in [1.29, 1.82) is 0 Å². The molecular formula is C28H39N3O6. The third-order valence-electron chi connectivity index (χ3n) is 5.80. The van der Waals surface area contributed by atoms with Crippen molar-refractivity contribution in [2.75, 3.05) is 6.54 Å². The molecule has 1 atom stereocenters. The van der Waals surface area contributed by atoms with Crippen LogP contribution in [0.3, 0.4) is 0 Å². The van der Waals surface area contributed by atoms with Gasteiger partial charge in [-0.1, -0.05) is 74.5 Å². The van der Waals surface area contributed by atoms with Gasteiger partial charge in [-0.15, -0.1) is 5.48 Å². The Morgan fingerprint density at radius 3 is 2.24 bits per heavy atom. The minimum Gasteiger partial charge on any atom is -0.442 e. The van der Waals surface area contributed by atoms with Gasteiger partial charge in [0.1, 0.15) is 5.60 Å². The first kappa shape index (κ1) is 29.8. The van der Waals surface area contributed by atoms with Crippen molar-refractivity contribution in [3.05, 3.63) is 66.2 Å². The van der Waals surface area contributed by atoms with E-state index in [1.807, 2.05) is 60.9 Å². The number of hydrogen-bond donors (Lipinski definition) is 4. The largest absolute Gasteiger partial charge is 0.442 e. The van der Waals surface area contributed by atoms with Crippen LogP contribution in [0.15, 0.2) is 55.1 Å². The predicted molar refractivity (Wildman–Crippen MR) is 143 cm³/mol. The summed E-state index contributed by atoms with van der Waals surface area (Å²) in [6.45, 7) is 11.9. The third kappa shape index (κ3) is 8.04. The molecule has 0 saturated heterocycles. The fraction of sp³-hybridized carbons (Fsp3) is 0.429. The highest BCUT2D eigenvalue weighted by Gasteiger charge is 2.50. The van der Waals surface area contributed by atoms with Gasteiger partial charge in [-0.3, -0.25) is 4.90 Å². The highest BCUT2D eigenvalue weighted by atomic mass is 16.7. The molecule has 0 aliphatic rings. The Kier molecular flexibility index (Phi) is 9.86. The molecule has 1 unspecified atom stereocenters. The lowest BCUT2D eigenvalue weighted by Crippen LogP contribution is -2.72. The summed E-state index contributed by atoms with van der Waals surface area (Å²) >= 11 is 0. The van der Waals surface area contributed by atoms with E-state index < -0.39 is 29.2 Å². The summed E-state index contributed by atoms with van der Waals surface area (Å²) in [7, 11) is 0. The lowest BCUT2D eigenvalue weighted by Gasteiger charge is -2.46. The van der Waals surface area contributed by atoms with Crippen molar-refractivity contribution in [3.8, 4) is 11.1 Å². The summed E-state index contributed by atoms with van der Waals surface area (Å²) in [6.07, 6.45) is 0.862. The summed E-state index contributed by atoms with van der Waals surface area (Å²) in [5.41, 5.74) is 9.29. The molecule has 0 bridgehead atoms. The summed E-state index contributed by atoms with van der Waals surface area (Å²) < 4.78 is 5.08. The molecule has 9 nitrogen and oxygen atoms in total. The first-order valence-corrected chi connectivity index (χ1v) is 12.2. The van der Waals surface area contributed by atoms with Crippen LogP contribution in [0.4, 0.5) is 9.59 Å². The van der Waals surface area contributed by atoms with E-state index in [0.29, 0.717) is 18.4 Å². The molecule has 0 aliphatic carbocycles. The Labute approximate surface area is 218 Å². The molecule has 2 rings (SSSR count). The zero-order valence-corrected chi connectivity index (χ0v) is 22.3. The normalized spacial score (nSPS) is 13.3. The summed E-state index contributed by atoms with van der Waals surface area (Å²) in [5, 5.41) is 21.4. The van der Waals surface area contributed by atoms with E-state index in [1.54, 1.807) is 26.8 Å². The topological polar surface area (TPSA) is 134 Å². The van der Waals surface area contributed by atoms with Crippen LogP contribution in [0.5, 0.6) is 0 Å². The Hall–Kier alpha value is -3.40. The average Bonchev–Trinajstić information content (AvgIpc) is 2.81. The number of amides is 2. The maximum atomic E-state index is 13.0. The first-order chi connectivity index (χ1) is 17.2. The summed E-state index contributed by atoms with van der Waals surface area (Å²) in [6, 6.07) is 15.2. The number of benzene rings is 2. The minimum absolute atomic E-state index is 0.0589. The van der Waals surface area contributed by atoms with Crippen molar-refractivity contribution in [2.24, 2.45) is 5.73 Å². The van der Waals surface area contributed by atoms with Gasteiger partial charge in [-0.2, -0.15) is 0 Å². The average molecular weight is 514 g/mol. The number of carbonyl (C=O) groups is 2. The van der Waals surface area contributed by atoms with E-state index in [2.05, 4.69) is 6.58 Å². The molecular weight excluding hydrogens is 474 g/mol. The lowest BCUT2D eigenvalue weighted by molar-refractivity contribution is -0.231. The van der Waals surface area contributed by atoms with Crippen molar-refractivity contribution in [3.63, 3.8) is 0 Å². The van der Waals surface area contributed by atoms with Gasteiger partial charge in [0.05, 0.1) is 0 Å². The smallest absolute Gasteiger partial charge is 0.441 e. The van der Waals surface area contributed by atoms with Gasteiger partial charge in [-0.05, 0) is 56.4 Å². The Bertz CT molecular complexity index is 1070. The van der Waals surface area contributed by atoms with Crippen LogP contribution >= 0.6 is 0 Å². The number of nitrogens with one attached hydrogen (secondary N) is 1. The van der Waals surface area contributed by atoms with Gasteiger partial charge >= 0.3 is 12.2 Å². The van der Waals surface area contributed by atoms with Crippen LogP contribution in [0, 0.1) is 0 Å². The van der Waals surface area contributed by atoms with E-state index in [4.69, 9.17) is 15.3 Å². The maximum Gasteiger partial charge on any atom is 0.441 e. The van der Waals surface area contributed by atoms with E-state index >= 15 is 0 Å². The fourth-order valence-electron chi connectivity index (χ4n) is 3.78. The van der Waals surface area contributed by atoms with E-state index in [1.165, 1.54) is 0 Å². The van der Waals surface area contributed by atoms with Crippen LogP contribution in [-0.4, -0.2) is 50.9 Å². The van der Waals surface area contributed by atoms with Crippen LogP contribution in [0.2, 0.25) is 0 Å². The maximum absolute atomic E-state index is 13.0. The minimum atomic E-state index is -2.51. The van der Waals surface area contributed by atoms with E-state index in [0.717, 1.165) is 28.5 Å². The third-order valence-corrected chi connectivity index (χ3v) is 5.80. The van der Waals surface area contributed by atoms with Crippen molar-refractivity contribution >= 4 is 18.3 Å². The number of hydroxylamine groups is 1. The van der Waals surface area contributed by atoms with Crippen molar-refractivity contribution < 1.29 is 29.4 Å². The van der Waals surface area contributed by atoms with Crippen molar-refractivity contribution in [2.45, 2.75) is 70.9 Å². The summed E-state index contributed by atoms with van der Waals surface area (Å²) in [4.78, 5) is 31.0. The predicted octanol–water partition coefficient (Wildman–Crippen LogP) is 4.57. The highest BCUT2D eigenvalue weighted by molar-refractivity contribution is 5.75. The summed E-state index contributed by atoms with van der Waals surface area (Å²) in [5.74, 6) is -2.51. The molecule has 5 N–H and O–H groups in total. The van der Waals surface area contributed by atoms with Crippen LogP contribution in [-0.2, 0) is 16.0 Å². The fourth-order valence-corrected chi connectivity index (χ4v) is 3.78. The first-order valence-electron chi connectivity index (χ1n) is 12.2. The number of ether oxygens (including phenoxy) is 1. The molecule has 202 valence electrons. The Morgan fingerprint density at radius 2 is 1.70 bits per heavy atom. The number of aliphatic hydroxyl groups is 2. The number of nitrogens with zero attached hydrogens (tertiary/aromatic N) is 1. The molecule has 0 heterocycles. The van der Waals surface area contributed by atoms with Crippen molar-refractivity contribution in [1.82, 2.24) is 10.4 Å². The molecule has 0 saturated carbocycles. The molecule has 9 heteroatoms. The molecule has 37 heavy (non-hydrogen) atoms. The Morgan fingerprint density at radius 1 is 1.08 bits per heavy atom. The van der Waals surface area contributed by atoms with E-state index in [9.17, 15) is 19.8 Å². The van der Waals surface area contributed by atoms with Gasteiger partial charge in [-0.25, -0.2) is 9.59 Å². The van der Waals surface area contributed by atoms with Gasteiger partial charge in [0.15, 0.2) is 11.4 Å². The molecule has 2 aromatic rings. The second-order valence-electron chi connectivity index (χ2n) is 10.1. The second kappa shape index (κ2) is 12.2. The van der Waals surface area contributed by atoms with Crippen LogP contribution in [0.25, 0.3) is 17.2 Å². The highest BCUT2D eigenvalue weighted by Crippen LogP contribution is 2.30. The van der Waals surface area contributed by atoms with Crippen LogP contribution < -0.4 is 11.2 Å². The molecule has 0 radical (unpaired) electrons. The Balaban J connectivity index is 2.33. The quantitative estimate of drug-likeness (QED) is 0.285. The zero-order chi connectivity index (χ0) is 27.9. The van der Waals surface area contributed by atoms with Gasteiger partial charge in [0.25, 0.3) is 0 Å². The van der Waals surface area contributed by atoms with Gasteiger partial charge in [0, 0.05) is 13.0 Å². The van der Waals surface area contributed by atoms with E-state index in [-0.39, 0.29) is 13.0 Å². The second-order valence-corrected chi connectivity index (χ2v) is 10.1. The number of hydrogen-bond acceptors (Lipinski definition) is 7. The molecule has 0 aromatic heterocycles. The number of unbranched alkanes of at least 4 members (excludes halogenated alkanes) is 1. The molecule has 2 amide bonds. The SMILES string of the molecule is C=Cc1ccccc1-c1ccc(CC(N)(N(CCCC)C(=O)ONC(=O)OC(C)(C)C)C(C)(O)O)cc1.